The van der Waals surface area contributed by atoms with Gasteiger partial charge in [0, 0.05) is 6.04 Å². The van der Waals surface area contributed by atoms with E-state index in [2.05, 4.69) is 26.2 Å². The summed E-state index contributed by atoms with van der Waals surface area (Å²) in [5, 5.41) is 3.45. The molecule has 1 aliphatic carbocycles. The highest BCUT2D eigenvalue weighted by molar-refractivity contribution is 4.85. The first kappa shape index (κ1) is 13.0. The number of rotatable bonds is 7. The van der Waals surface area contributed by atoms with Gasteiger partial charge in [0.05, 0.1) is 0 Å². The van der Waals surface area contributed by atoms with Crippen molar-refractivity contribution >= 4 is 0 Å². The largest absolute Gasteiger partial charge is 0.317 e. The Morgan fingerprint density at radius 3 is 2.40 bits per heavy atom. The summed E-state index contributed by atoms with van der Waals surface area (Å²) < 4.78 is 0. The molecule has 3 atom stereocenters. The molecule has 0 bridgehead atoms. The molecule has 1 rings (SSSR count). The zero-order valence-electron chi connectivity index (χ0n) is 10.9. The lowest BCUT2D eigenvalue weighted by molar-refractivity contribution is 0.337. The second kappa shape index (κ2) is 7.27. The zero-order chi connectivity index (χ0) is 11.1. The second-order valence-corrected chi connectivity index (χ2v) is 5.29. The summed E-state index contributed by atoms with van der Waals surface area (Å²) in [6.07, 6.45) is 11.5. The third-order valence-corrected chi connectivity index (χ3v) is 4.28. The van der Waals surface area contributed by atoms with Crippen LogP contribution in [0.25, 0.3) is 0 Å². The molecule has 0 aromatic carbocycles. The van der Waals surface area contributed by atoms with Gasteiger partial charge in [0.15, 0.2) is 0 Å². The van der Waals surface area contributed by atoms with Crippen molar-refractivity contribution in [1.29, 1.82) is 0 Å². The average Bonchev–Trinajstić information content (AvgIpc) is 2.60. The molecular weight excluding hydrogens is 182 g/mol. The van der Waals surface area contributed by atoms with Crippen molar-refractivity contribution in [3.63, 3.8) is 0 Å². The Bertz CT molecular complexity index is 155. The lowest BCUT2D eigenvalue weighted by Gasteiger charge is -2.20. The summed E-state index contributed by atoms with van der Waals surface area (Å²) in [5.74, 6) is 1.91. The van der Waals surface area contributed by atoms with E-state index in [9.17, 15) is 0 Å². The Hall–Kier alpha value is -0.0400. The fourth-order valence-electron chi connectivity index (χ4n) is 3.07. The van der Waals surface area contributed by atoms with Crippen LogP contribution >= 0.6 is 0 Å². The molecule has 1 saturated carbocycles. The summed E-state index contributed by atoms with van der Waals surface area (Å²) in [6, 6.07) is 0.797. The normalized spacial score (nSPS) is 31.0. The van der Waals surface area contributed by atoms with Gasteiger partial charge in [-0.2, -0.15) is 0 Å². The fraction of sp³-hybridized carbons (Fsp3) is 1.00. The van der Waals surface area contributed by atoms with Gasteiger partial charge in [-0.15, -0.1) is 0 Å². The first-order chi connectivity index (χ1) is 7.29. The average molecular weight is 211 g/mol. The minimum Gasteiger partial charge on any atom is -0.317 e. The minimum absolute atomic E-state index is 0.797. The van der Waals surface area contributed by atoms with Gasteiger partial charge in [-0.3, -0.25) is 0 Å². The van der Waals surface area contributed by atoms with Gasteiger partial charge in [-0.25, -0.2) is 0 Å². The zero-order valence-corrected chi connectivity index (χ0v) is 10.9. The maximum absolute atomic E-state index is 3.45. The summed E-state index contributed by atoms with van der Waals surface area (Å²) in [5.41, 5.74) is 0. The summed E-state index contributed by atoms with van der Waals surface area (Å²) in [7, 11) is 2.12. The van der Waals surface area contributed by atoms with E-state index in [0.717, 1.165) is 17.9 Å². The van der Waals surface area contributed by atoms with E-state index < -0.39 is 0 Å². The Balaban J connectivity index is 2.07. The molecule has 1 aliphatic rings. The monoisotopic (exact) mass is 211 g/mol. The quantitative estimate of drug-likeness (QED) is 0.628. The van der Waals surface area contributed by atoms with Crippen LogP contribution in [0.5, 0.6) is 0 Å². The lowest BCUT2D eigenvalue weighted by atomic mass is 9.90. The molecule has 0 spiro atoms. The van der Waals surface area contributed by atoms with Crippen molar-refractivity contribution in [3.05, 3.63) is 0 Å². The summed E-state index contributed by atoms with van der Waals surface area (Å²) >= 11 is 0. The minimum atomic E-state index is 0.797. The van der Waals surface area contributed by atoms with Crippen molar-refractivity contribution < 1.29 is 0 Å². The molecule has 0 radical (unpaired) electrons. The molecule has 3 unspecified atom stereocenters. The molecule has 90 valence electrons. The van der Waals surface area contributed by atoms with Crippen molar-refractivity contribution in [3.8, 4) is 0 Å². The summed E-state index contributed by atoms with van der Waals surface area (Å²) in [6.45, 7) is 4.72. The molecule has 1 N–H and O–H groups in total. The topological polar surface area (TPSA) is 12.0 Å². The Labute approximate surface area is 96.0 Å². The van der Waals surface area contributed by atoms with Gasteiger partial charge >= 0.3 is 0 Å². The molecule has 0 heterocycles. The summed E-state index contributed by atoms with van der Waals surface area (Å²) in [4.78, 5) is 0. The maximum atomic E-state index is 3.45. The van der Waals surface area contributed by atoms with Gasteiger partial charge in [0.25, 0.3) is 0 Å². The third kappa shape index (κ3) is 4.14. The molecule has 0 aromatic heterocycles. The highest BCUT2D eigenvalue weighted by Crippen LogP contribution is 2.35. The molecule has 0 aromatic rings. The predicted molar refractivity (Wildman–Crippen MR) is 68.1 cm³/mol. The van der Waals surface area contributed by atoms with Gasteiger partial charge in [-0.05, 0) is 31.7 Å². The number of nitrogens with one attached hydrogen (secondary N) is 1. The van der Waals surface area contributed by atoms with Crippen LogP contribution in [0.3, 0.4) is 0 Å². The Kier molecular flexibility index (Phi) is 6.31. The van der Waals surface area contributed by atoms with Crippen molar-refractivity contribution in [2.75, 3.05) is 7.05 Å². The highest BCUT2D eigenvalue weighted by atomic mass is 14.9. The van der Waals surface area contributed by atoms with Crippen LogP contribution < -0.4 is 5.32 Å². The van der Waals surface area contributed by atoms with Crippen molar-refractivity contribution in [2.24, 2.45) is 11.8 Å². The van der Waals surface area contributed by atoms with Crippen molar-refractivity contribution in [1.82, 2.24) is 5.32 Å². The number of hydrogen-bond acceptors (Lipinski definition) is 1. The van der Waals surface area contributed by atoms with Gasteiger partial charge in [0.2, 0.25) is 0 Å². The van der Waals surface area contributed by atoms with Crippen LogP contribution in [0.4, 0.5) is 0 Å². The molecule has 0 amide bonds. The van der Waals surface area contributed by atoms with Crippen LogP contribution in [0, 0.1) is 11.8 Å². The van der Waals surface area contributed by atoms with E-state index in [1.54, 1.807) is 0 Å². The molecule has 1 heteroatoms. The number of unbranched alkanes of at least 4 members (excludes halogenated alkanes) is 4. The molecule has 15 heavy (non-hydrogen) atoms. The van der Waals surface area contributed by atoms with Crippen LogP contribution in [-0.4, -0.2) is 13.1 Å². The molecule has 1 fully saturated rings. The van der Waals surface area contributed by atoms with E-state index in [1.165, 1.54) is 51.4 Å². The fourth-order valence-corrected chi connectivity index (χ4v) is 3.07. The van der Waals surface area contributed by atoms with Gasteiger partial charge in [0.1, 0.15) is 0 Å². The number of hydrogen-bond donors (Lipinski definition) is 1. The molecule has 1 nitrogen and oxygen atoms in total. The van der Waals surface area contributed by atoms with Gasteiger partial charge < -0.3 is 5.32 Å². The Morgan fingerprint density at radius 2 is 1.80 bits per heavy atom. The van der Waals surface area contributed by atoms with Gasteiger partial charge in [-0.1, -0.05) is 52.4 Å². The van der Waals surface area contributed by atoms with E-state index in [1.807, 2.05) is 0 Å². The van der Waals surface area contributed by atoms with Crippen LogP contribution in [0.1, 0.15) is 65.2 Å². The molecular formula is C14H29N. The second-order valence-electron chi connectivity index (χ2n) is 5.29. The van der Waals surface area contributed by atoms with E-state index in [-0.39, 0.29) is 0 Å². The maximum Gasteiger partial charge on any atom is 0.00924 e. The van der Waals surface area contributed by atoms with Crippen molar-refractivity contribution in [2.45, 2.75) is 71.3 Å². The Morgan fingerprint density at radius 1 is 1.07 bits per heavy atom. The SMILES string of the molecule is CCCCCCCC1CCC(NC)C1C. The third-order valence-electron chi connectivity index (χ3n) is 4.28. The molecule has 0 saturated heterocycles. The van der Waals surface area contributed by atoms with E-state index in [0.29, 0.717) is 0 Å². The van der Waals surface area contributed by atoms with Crippen LogP contribution in [0.15, 0.2) is 0 Å². The van der Waals surface area contributed by atoms with E-state index >= 15 is 0 Å². The smallest absolute Gasteiger partial charge is 0.00924 e. The molecule has 0 aliphatic heterocycles. The van der Waals surface area contributed by atoms with Crippen LogP contribution in [-0.2, 0) is 0 Å². The predicted octanol–water partition coefficient (Wildman–Crippen LogP) is 3.98. The first-order valence-corrected chi connectivity index (χ1v) is 6.96. The van der Waals surface area contributed by atoms with Crippen LogP contribution in [0.2, 0.25) is 0 Å². The standard InChI is InChI=1S/C14H29N/c1-4-5-6-7-8-9-13-10-11-14(15-3)12(13)2/h12-15H,4-11H2,1-3H3. The lowest BCUT2D eigenvalue weighted by Crippen LogP contribution is -2.29. The highest BCUT2D eigenvalue weighted by Gasteiger charge is 2.30. The van der Waals surface area contributed by atoms with E-state index in [4.69, 9.17) is 0 Å². The first-order valence-electron chi connectivity index (χ1n) is 6.96.